The Morgan fingerprint density at radius 2 is 2.00 bits per heavy atom. The minimum Gasteiger partial charge on any atom is -0.444 e. The van der Waals surface area contributed by atoms with Gasteiger partial charge in [-0.05, 0) is 51.3 Å². The van der Waals surface area contributed by atoms with E-state index in [1.807, 2.05) is 0 Å². The van der Waals surface area contributed by atoms with E-state index in [1.54, 1.807) is 25.7 Å². The Morgan fingerprint density at radius 3 is 2.59 bits per heavy atom. The van der Waals surface area contributed by atoms with Crippen LogP contribution in [0.3, 0.4) is 0 Å². The van der Waals surface area contributed by atoms with Crippen LogP contribution in [0.1, 0.15) is 43.7 Å². The van der Waals surface area contributed by atoms with Crippen molar-refractivity contribution in [3.63, 3.8) is 0 Å². The first-order chi connectivity index (χ1) is 17.0. The van der Waals surface area contributed by atoms with Crippen molar-refractivity contribution >= 4 is 33.3 Å². The number of ether oxygens (including phenoxy) is 1. The molecule has 0 bridgehead atoms. The standard InChI is InChI=1S/C23H29ClF3N5O4S/c1-22(2,3)36-21(33)30-10-13-7-8-32(12-13)20-15(18(28)37(4,34)35)11-29-19(31-20)14-5-6-17(24)16(9-14)23(25,26)27/h5-6,9,11,13,18H,7-8,10,12,28H2,1-4H3,(H,30,33). The number of nitrogens with zero attached hydrogens (tertiary/aromatic N) is 3. The van der Waals surface area contributed by atoms with Crippen LogP contribution in [-0.2, 0) is 20.8 Å². The Hall–Kier alpha value is -2.64. The van der Waals surface area contributed by atoms with E-state index in [4.69, 9.17) is 22.1 Å². The summed E-state index contributed by atoms with van der Waals surface area (Å²) in [6.07, 6.45) is -2.41. The molecule has 2 unspecified atom stereocenters. The molecule has 37 heavy (non-hydrogen) atoms. The summed E-state index contributed by atoms with van der Waals surface area (Å²) in [5, 5.41) is 0.813. The Kier molecular flexibility index (Phi) is 8.30. The van der Waals surface area contributed by atoms with Crippen molar-refractivity contribution in [3.05, 3.63) is 40.5 Å². The molecule has 1 saturated heterocycles. The maximum Gasteiger partial charge on any atom is 0.417 e. The number of halogens is 4. The number of nitrogens with two attached hydrogens (primary N) is 1. The second-order valence-corrected chi connectivity index (χ2v) is 12.5. The van der Waals surface area contributed by atoms with E-state index in [-0.39, 0.29) is 28.7 Å². The zero-order chi connectivity index (χ0) is 27.8. The van der Waals surface area contributed by atoms with Crippen LogP contribution in [0.15, 0.2) is 24.4 Å². The minimum absolute atomic E-state index is 0.0133. The highest BCUT2D eigenvalue weighted by molar-refractivity contribution is 7.90. The summed E-state index contributed by atoms with van der Waals surface area (Å²) in [6.45, 7) is 6.41. The van der Waals surface area contributed by atoms with E-state index in [9.17, 15) is 26.4 Å². The topological polar surface area (TPSA) is 128 Å². The molecule has 3 rings (SSSR count). The monoisotopic (exact) mass is 563 g/mol. The second kappa shape index (κ2) is 10.6. The van der Waals surface area contributed by atoms with Gasteiger partial charge in [0.05, 0.1) is 10.6 Å². The first-order valence-electron chi connectivity index (χ1n) is 11.4. The Labute approximate surface area is 218 Å². The molecule has 1 aromatic heterocycles. The molecule has 204 valence electrons. The molecule has 1 amide bonds. The van der Waals surface area contributed by atoms with Crippen LogP contribution in [-0.4, -0.2) is 56.0 Å². The fraction of sp³-hybridized carbons (Fsp3) is 0.522. The number of sulfone groups is 1. The van der Waals surface area contributed by atoms with Crippen LogP contribution >= 0.6 is 11.6 Å². The van der Waals surface area contributed by atoms with Gasteiger partial charge in [0.25, 0.3) is 0 Å². The van der Waals surface area contributed by atoms with Crippen LogP contribution < -0.4 is 16.0 Å². The van der Waals surface area contributed by atoms with E-state index in [2.05, 4.69) is 15.3 Å². The smallest absolute Gasteiger partial charge is 0.417 e. The van der Waals surface area contributed by atoms with Crippen LogP contribution in [0.5, 0.6) is 0 Å². The average Bonchev–Trinajstić information content (AvgIpc) is 3.23. The van der Waals surface area contributed by atoms with E-state index in [1.165, 1.54) is 12.3 Å². The van der Waals surface area contributed by atoms with Crippen molar-refractivity contribution in [2.45, 2.75) is 44.3 Å². The number of carbonyl (C=O) groups is 1. The molecule has 0 saturated carbocycles. The summed E-state index contributed by atoms with van der Waals surface area (Å²) < 4.78 is 69.8. The van der Waals surface area contributed by atoms with E-state index >= 15 is 0 Å². The lowest BCUT2D eigenvalue weighted by Crippen LogP contribution is -2.36. The fourth-order valence-corrected chi connectivity index (χ4v) is 4.67. The number of anilines is 1. The molecule has 2 atom stereocenters. The highest BCUT2D eigenvalue weighted by Gasteiger charge is 2.34. The number of aromatic nitrogens is 2. The molecule has 14 heteroatoms. The van der Waals surface area contributed by atoms with Gasteiger partial charge in [0, 0.05) is 43.2 Å². The highest BCUT2D eigenvalue weighted by Crippen LogP contribution is 2.38. The minimum atomic E-state index is -4.68. The SMILES string of the molecule is CC(C)(C)OC(=O)NCC1CCN(c2nc(-c3ccc(Cl)c(C(F)(F)F)c3)ncc2C(N)S(C)(=O)=O)C1. The molecule has 0 radical (unpaired) electrons. The Morgan fingerprint density at radius 1 is 1.32 bits per heavy atom. The lowest BCUT2D eigenvalue weighted by atomic mass is 10.1. The van der Waals surface area contributed by atoms with Gasteiger partial charge in [-0.1, -0.05) is 11.6 Å². The van der Waals surface area contributed by atoms with Gasteiger partial charge in [-0.15, -0.1) is 0 Å². The van der Waals surface area contributed by atoms with Crippen molar-refractivity contribution in [2.24, 2.45) is 11.7 Å². The van der Waals surface area contributed by atoms with E-state index in [0.717, 1.165) is 18.4 Å². The van der Waals surface area contributed by atoms with Gasteiger partial charge >= 0.3 is 12.3 Å². The lowest BCUT2D eigenvalue weighted by molar-refractivity contribution is -0.137. The third-order valence-electron chi connectivity index (χ3n) is 5.61. The Bertz CT molecular complexity index is 1270. The molecule has 1 aliphatic rings. The highest BCUT2D eigenvalue weighted by atomic mass is 35.5. The summed E-state index contributed by atoms with van der Waals surface area (Å²) in [5.74, 6) is 0.142. The van der Waals surface area contributed by atoms with Gasteiger partial charge in [0.1, 0.15) is 16.8 Å². The van der Waals surface area contributed by atoms with Crippen molar-refractivity contribution in [1.29, 1.82) is 0 Å². The van der Waals surface area contributed by atoms with Crippen LogP contribution in [0.2, 0.25) is 5.02 Å². The van der Waals surface area contributed by atoms with E-state index in [0.29, 0.717) is 26.1 Å². The van der Waals surface area contributed by atoms with Gasteiger partial charge in [-0.2, -0.15) is 13.2 Å². The molecule has 2 aromatic rings. The first kappa shape index (κ1) is 28.9. The number of alkyl halides is 3. The number of hydrogen-bond acceptors (Lipinski definition) is 8. The summed E-state index contributed by atoms with van der Waals surface area (Å²) >= 11 is 5.73. The van der Waals surface area contributed by atoms with Crippen LogP contribution in [0.4, 0.5) is 23.8 Å². The molecule has 1 aliphatic heterocycles. The predicted octanol–water partition coefficient (Wildman–Crippen LogP) is 4.17. The average molecular weight is 564 g/mol. The van der Waals surface area contributed by atoms with Crippen molar-refractivity contribution in [2.75, 3.05) is 30.8 Å². The molecule has 9 nitrogen and oxygen atoms in total. The van der Waals surface area contributed by atoms with Crippen molar-refractivity contribution in [1.82, 2.24) is 15.3 Å². The van der Waals surface area contributed by atoms with Crippen molar-refractivity contribution in [3.8, 4) is 11.4 Å². The molecule has 0 aliphatic carbocycles. The summed E-state index contributed by atoms with van der Waals surface area (Å²) in [7, 11) is -3.74. The number of carbonyl (C=O) groups excluding carboxylic acids is 1. The zero-order valence-corrected chi connectivity index (χ0v) is 22.3. The van der Waals surface area contributed by atoms with Gasteiger partial charge in [0.2, 0.25) is 0 Å². The molecular weight excluding hydrogens is 535 g/mol. The Balaban J connectivity index is 1.92. The number of benzene rings is 1. The molecule has 3 N–H and O–H groups in total. The van der Waals surface area contributed by atoms with Gasteiger partial charge in [-0.25, -0.2) is 23.2 Å². The number of rotatable bonds is 6. The first-order valence-corrected chi connectivity index (χ1v) is 13.7. The summed E-state index contributed by atoms with van der Waals surface area (Å²) in [6, 6.07) is 3.30. The maximum atomic E-state index is 13.4. The lowest BCUT2D eigenvalue weighted by Gasteiger charge is -2.24. The quantitative estimate of drug-likeness (QED) is 0.536. The number of nitrogens with one attached hydrogen (secondary N) is 1. The normalized spacial score (nSPS) is 17.5. The number of alkyl carbamates (subject to hydrolysis) is 1. The second-order valence-electron chi connectivity index (χ2n) is 9.90. The summed E-state index contributed by atoms with van der Waals surface area (Å²) in [5.41, 5.74) is 4.48. The molecule has 2 heterocycles. The number of amides is 1. The molecule has 0 spiro atoms. The third-order valence-corrected chi connectivity index (χ3v) is 7.12. The fourth-order valence-electron chi connectivity index (χ4n) is 3.82. The largest absolute Gasteiger partial charge is 0.444 e. The van der Waals surface area contributed by atoms with Gasteiger partial charge < -0.3 is 20.7 Å². The van der Waals surface area contributed by atoms with Gasteiger partial charge in [0.15, 0.2) is 15.7 Å². The van der Waals surface area contributed by atoms with Crippen LogP contribution in [0.25, 0.3) is 11.4 Å². The van der Waals surface area contributed by atoms with Gasteiger partial charge in [-0.3, -0.25) is 0 Å². The van der Waals surface area contributed by atoms with Crippen molar-refractivity contribution < 1.29 is 31.1 Å². The summed E-state index contributed by atoms with van der Waals surface area (Å²) in [4.78, 5) is 22.3. The molecular formula is C23H29ClF3N5O4S. The zero-order valence-electron chi connectivity index (χ0n) is 20.8. The predicted molar refractivity (Wildman–Crippen MR) is 134 cm³/mol. The molecule has 1 aromatic carbocycles. The third kappa shape index (κ3) is 7.45. The number of hydrogen-bond donors (Lipinski definition) is 2. The van der Waals surface area contributed by atoms with Crippen LogP contribution in [0, 0.1) is 5.92 Å². The van der Waals surface area contributed by atoms with E-state index < -0.39 is 43.7 Å². The maximum absolute atomic E-state index is 13.4. The molecule has 1 fully saturated rings.